The smallest absolute Gasteiger partial charge is 0.293 e. The van der Waals surface area contributed by atoms with Gasteiger partial charge in [0.1, 0.15) is 5.69 Å². The van der Waals surface area contributed by atoms with Crippen LogP contribution in [0.5, 0.6) is 0 Å². The van der Waals surface area contributed by atoms with Gasteiger partial charge in [0.25, 0.3) is 5.56 Å². The summed E-state index contributed by atoms with van der Waals surface area (Å²) in [6, 6.07) is 10.7. The van der Waals surface area contributed by atoms with Crippen LogP contribution in [0.4, 0.5) is 11.6 Å². The molecule has 31 heavy (non-hydrogen) atoms. The summed E-state index contributed by atoms with van der Waals surface area (Å²) in [5, 5.41) is 13.3. The first-order chi connectivity index (χ1) is 15.0. The monoisotopic (exact) mass is 432 g/mol. The third kappa shape index (κ3) is 3.38. The molecular weight excluding hydrogens is 416 g/mol. The van der Waals surface area contributed by atoms with E-state index in [0.29, 0.717) is 28.0 Å². The fourth-order valence-corrected chi connectivity index (χ4v) is 3.42. The lowest BCUT2D eigenvalue weighted by Gasteiger charge is -2.08. The van der Waals surface area contributed by atoms with E-state index >= 15 is 0 Å². The maximum Gasteiger partial charge on any atom is 0.293 e. The Morgan fingerprint density at radius 1 is 1.10 bits per heavy atom. The van der Waals surface area contributed by atoms with Crippen LogP contribution >= 0.6 is 11.6 Å². The average molecular weight is 433 g/mol. The summed E-state index contributed by atoms with van der Waals surface area (Å²) in [5.74, 6) is 0.791. The molecule has 0 fully saturated rings. The Morgan fingerprint density at radius 2 is 1.97 bits per heavy atom. The lowest BCUT2D eigenvalue weighted by atomic mass is 10.2. The number of nitrogens with one attached hydrogen (secondary N) is 1. The molecule has 0 bridgehead atoms. The third-order valence-corrected chi connectivity index (χ3v) is 5.08. The molecule has 0 saturated carbocycles. The van der Waals surface area contributed by atoms with E-state index < -0.39 is 5.56 Å². The number of halogens is 1. The Bertz CT molecular complexity index is 1490. The second-order valence-electron chi connectivity index (χ2n) is 7.22. The molecular formula is C21H17ClN8O. The molecule has 0 aliphatic heterocycles. The molecule has 1 N–H and O–H groups in total. The van der Waals surface area contributed by atoms with E-state index in [2.05, 4.69) is 25.5 Å². The molecule has 0 atom stereocenters. The van der Waals surface area contributed by atoms with Crippen LogP contribution < -0.4 is 10.9 Å². The van der Waals surface area contributed by atoms with Crippen molar-refractivity contribution >= 4 is 39.8 Å². The highest BCUT2D eigenvalue weighted by molar-refractivity contribution is 6.35. The van der Waals surface area contributed by atoms with Gasteiger partial charge in [0.15, 0.2) is 11.5 Å². The van der Waals surface area contributed by atoms with E-state index in [-0.39, 0.29) is 11.7 Å². The largest absolute Gasteiger partial charge is 0.319 e. The van der Waals surface area contributed by atoms with Crippen LogP contribution in [0.15, 0.2) is 59.8 Å². The van der Waals surface area contributed by atoms with E-state index in [1.807, 2.05) is 36.9 Å². The van der Waals surface area contributed by atoms with Gasteiger partial charge in [-0.15, -0.1) is 5.10 Å². The van der Waals surface area contributed by atoms with Crippen molar-refractivity contribution in [3.8, 4) is 11.4 Å². The molecule has 9 nitrogen and oxygen atoms in total. The average Bonchev–Trinajstić information content (AvgIpc) is 3.36. The quantitative estimate of drug-likeness (QED) is 0.459. The zero-order valence-electron chi connectivity index (χ0n) is 16.7. The van der Waals surface area contributed by atoms with Crippen LogP contribution in [-0.4, -0.2) is 34.3 Å². The van der Waals surface area contributed by atoms with E-state index in [1.54, 1.807) is 35.0 Å². The van der Waals surface area contributed by atoms with Gasteiger partial charge in [0, 0.05) is 23.8 Å². The second kappa shape index (κ2) is 7.44. The fourth-order valence-electron chi connectivity index (χ4n) is 3.20. The van der Waals surface area contributed by atoms with Crippen molar-refractivity contribution in [1.29, 1.82) is 0 Å². The molecule has 1 aromatic carbocycles. The molecule has 5 rings (SSSR count). The van der Waals surface area contributed by atoms with Gasteiger partial charge in [-0.25, -0.2) is 15.0 Å². The summed E-state index contributed by atoms with van der Waals surface area (Å²) in [6.45, 7) is 4.09. The van der Waals surface area contributed by atoms with Crippen molar-refractivity contribution in [1.82, 2.24) is 34.3 Å². The minimum atomic E-state index is -0.419. The Hall–Kier alpha value is -3.85. The highest BCUT2D eigenvalue weighted by Gasteiger charge is 2.18. The highest BCUT2D eigenvalue weighted by Crippen LogP contribution is 2.29. The molecule has 0 radical (unpaired) electrons. The number of aromatic nitrogens is 7. The molecule has 4 aromatic heterocycles. The SMILES string of the molecule is CC(C)n1cc(-c2nc3c4cccc(Cl)c4nc(Nc4ccccnc4=O)n3n2)cn1. The molecule has 10 heteroatoms. The molecule has 4 heterocycles. The van der Waals surface area contributed by atoms with Crippen LogP contribution in [0.1, 0.15) is 19.9 Å². The zero-order chi connectivity index (χ0) is 21.5. The van der Waals surface area contributed by atoms with Crippen LogP contribution in [0.25, 0.3) is 27.9 Å². The van der Waals surface area contributed by atoms with Gasteiger partial charge in [-0.05, 0) is 38.1 Å². The van der Waals surface area contributed by atoms with E-state index in [9.17, 15) is 4.79 Å². The van der Waals surface area contributed by atoms with Gasteiger partial charge in [-0.2, -0.15) is 9.61 Å². The predicted molar refractivity (Wildman–Crippen MR) is 119 cm³/mol. The molecule has 0 unspecified atom stereocenters. The number of fused-ring (bicyclic) bond motifs is 3. The highest BCUT2D eigenvalue weighted by atomic mass is 35.5. The number of nitrogens with zero attached hydrogens (tertiary/aromatic N) is 7. The summed E-state index contributed by atoms with van der Waals surface area (Å²) in [7, 11) is 0. The predicted octanol–water partition coefficient (Wildman–Crippen LogP) is 3.87. The van der Waals surface area contributed by atoms with Crippen LogP contribution in [-0.2, 0) is 0 Å². The third-order valence-electron chi connectivity index (χ3n) is 4.77. The molecule has 0 aliphatic carbocycles. The number of rotatable bonds is 4. The first-order valence-corrected chi connectivity index (χ1v) is 10.0. The fraction of sp³-hybridized carbons (Fsp3) is 0.143. The number of para-hydroxylation sites is 1. The Labute approximate surface area is 181 Å². The maximum atomic E-state index is 12.3. The number of benzene rings is 1. The summed E-state index contributed by atoms with van der Waals surface area (Å²) in [6.07, 6.45) is 5.06. The lowest BCUT2D eigenvalue weighted by Crippen LogP contribution is -2.11. The standard InChI is InChI=1S/C21H17ClN8O/c1-12(2)29-11-13(10-24-29)18-27-19-14-6-5-7-15(22)17(14)26-21(30(19)28-18)25-16-8-3-4-9-23-20(16)31/h3-12H,1-2H3,(H,23,25,26,31). The Balaban J connectivity index is 1.75. The topological polar surface area (TPSA) is 103 Å². The van der Waals surface area contributed by atoms with Crippen LogP contribution in [0, 0.1) is 0 Å². The van der Waals surface area contributed by atoms with Crippen molar-refractivity contribution in [2.75, 3.05) is 5.32 Å². The molecule has 0 aliphatic rings. The Kier molecular flexibility index (Phi) is 4.59. The summed E-state index contributed by atoms with van der Waals surface area (Å²) < 4.78 is 3.40. The molecule has 0 spiro atoms. The van der Waals surface area contributed by atoms with Gasteiger partial charge >= 0.3 is 0 Å². The summed E-state index contributed by atoms with van der Waals surface area (Å²) >= 11 is 6.41. The van der Waals surface area contributed by atoms with Gasteiger partial charge in [0.2, 0.25) is 5.95 Å². The minimum Gasteiger partial charge on any atom is -0.319 e. The molecule has 0 amide bonds. The van der Waals surface area contributed by atoms with Gasteiger partial charge < -0.3 is 5.32 Å². The van der Waals surface area contributed by atoms with Gasteiger partial charge in [-0.1, -0.05) is 23.7 Å². The van der Waals surface area contributed by atoms with E-state index in [1.165, 1.54) is 6.20 Å². The van der Waals surface area contributed by atoms with Gasteiger partial charge in [-0.3, -0.25) is 9.48 Å². The Morgan fingerprint density at radius 3 is 2.77 bits per heavy atom. The first kappa shape index (κ1) is 19.1. The number of anilines is 2. The van der Waals surface area contributed by atoms with Crippen molar-refractivity contribution < 1.29 is 0 Å². The summed E-state index contributed by atoms with van der Waals surface area (Å²) in [4.78, 5) is 25.5. The molecule has 154 valence electrons. The zero-order valence-corrected chi connectivity index (χ0v) is 17.4. The summed E-state index contributed by atoms with van der Waals surface area (Å²) in [5.41, 5.74) is 1.73. The van der Waals surface area contributed by atoms with Crippen molar-refractivity contribution in [2.24, 2.45) is 0 Å². The van der Waals surface area contributed by atoms with Crippen LogP contribution in [0.3, 0.4) is 0 Å². The number of hydrogen-bond donors (Lipinski definition) is 1. The maximum absolute atomic E-state index is 12.3. The molecule has 0 saturated heterocycles. The van der Waals surface area contributed by atoms with Crippen molar-refractivity contribution in [2.45, 2.75) is 19.9 Å². The van der Waals surface area contributed by atoms with Gasteiger partial charge in [0.05, 0.1) is 22.3 Å². The molecule has 5 aromatic rings. The van der Waals surface area contributed by atoms with Crippen LogP contribution in [0.2, 0.25) is 5.02 Å². The second-order valence-corrected chi connectivity index (χ2v) is 7.63. The lowest BCUT2D eigenvalue weighted by molar-refractivity contribution is 0.532. The van der Waals surface area contributed by atoms with Crippen molar-refractivity contribution in [3.63, 3.8) is 0 Å². The number of hydrogen-bond acceptors (Lipinski definition) is 7. The van der Waals surface area contributed by atoms with E-state index in [4.69, 9.17) is 16.6 Å². The normalized spacial score (nSPS) is 11.5. The first-order valence-electron chi connectivity index (χ1n) is 9.63. The van der Waals surface area contributed by atoms with Crippen molar-refractivity contribution in [3.05, 3.63) is 70.4 Å². The van der Waals surface area contributed by atoms with E-state index in [0.717, 1.165) is 10.9 Å². The minimum absolute atomic E-state index is 0.214.